The predicted octanol–water partition coefficient (Wildman–Crippen LogP) is 4.65. The molecule has 1 atom stereocenters. The van der Waals surface area contributed by atoms with Crippen LogP contribution >= 0.6 is 0 Å². The van der Waals surface area contributed by atoms with E-state index in [0.29, 0.717) is 6.42 Å². The van der Waals surface area contributed by atoms with Crippen molar-refractivity contribution < 1.29 is 4.79 Å². The molecule has 1 amide bonds. The second-order valence-corrected chi connectivity index (χ2v) is 7.26. The van der Waals surface area contributed by atoms with E-state index in [1.807, 2.05) is 30.3 Å². The Labute approximate surface area is 165 Å². The molecule has 0 saturated carbocycles. The topological polar surface area (TPSA) is 64.9 Å². The minimum absolute atomic E-state index is 0.0113. The van der Waals surface area contributed by atoms with Gasteiger partial charge >= 0.3 is 0 Å². The summed E-state index contributed by atoms with van der Waals surface area (Å²) in [6.07, 6.45) is 3.41. The van der Waals surface area contributed by atoms with Crippen LogP contribution in [0.15, 0.2) is 60.7 Å². The number of carbonyl (C=O) groups excluding carboxylic acids is 1. The first-order chi connectivity index (χ1) is 13.7. The van der Waals surface area contributed by atoms with Crippen LogP contribution in [0.25, 0.3) is 21.9 Å². The van der Waals surface area contributed by atoms with Gasteiger partial charge in [0.05, 0.1) is 18.5 Å². The highest BCUT2D eigenvalue weighted by Gasteiger charge is 2.20. The van der Waals surface area contributed by atoms with E-state index in [0.717, 1.165) is 53.6 Å². The van der Waals surface area contributed by atoms with Crippen molar-refractivity contribution in [2.24, 2.45) is 0 Å². The average Bonchev–Trinajstić information content (AvgIpc) is 2.75. The van der Waals surface area contributed by atoms with E-state index in [1.165, 1.54) is 5.39 Å². The standard InChI is InChI=1S/C24H23N3O/c25-13-12-18-10-11-21(27-24(28)23-7-3-4-14-26-23)16-22(18)20-9-8-17-5-1-2-6-19(17)15-20/h1-2,5-6,8-11,15-16,23,26H,3-4,7,12,14H2,(H,27,28). The van der Waals surface area contributed by atoms with E-state index < -0.39 is 0 Å². The highest BCUT2D eigenvalue weighted by atomic mass is 16.2. The Hall–Kier alpha value is -3.16. The highest BCUT2D eigenvalue weighted by molar-refractivity contribution is 5.96. The third-order valence-electron chi connectivity index (χ3n) is 5.33. The number of rotatable bonds is 4. The van der Waals surface area contributed by atoms with Crippen molar-refractivity contribution in [3.05, 3.63) is 66.2 Å². The van der Waals surface area contributed by atoms with Gasteiger partial charge < -0.3 is 10.6 Å². The molecule has 0 bridgehead atoms. The minimum atomic E-state index is -0.128. The van der Waals surface area contributed by atoms with Crippen LogP contribution in [0, 0.1) is 11.3 Å². The van der Waals surface area contributed by atoms with Crippen LogP contribution in [-0.2, 0) is 11.2 Å². The van der Waals surface area contributed by atoms with Crippen molar-refractivity contribution in [2.75, 3.05) is 11.9 Å². The molecule has 1 aliphatic rings. The Balaban J connectivity index is 1.67. The number of carbonyl (C=O) groups is 1. The first-order valence-corrected chi connectivity index (χ1v) is 9.78. The number of hydrogen-bond acceptors (Lipinski definition) is 3. The van der Waals surface area contributed by atoms with Crippen molar-refractivity contribution in [1.82, 2.24) is 5.32 Å². The summed E-state index contributed by atoms with van der Waals surface area (Å²) in [5.41, 5.74) is 3.77. The Morgan fingerprint density at radius 1 is 1.07 bits per heavy atom. The van der Waals surface area contributed by atoms with Crippen molar-refractivity contribution >= 4 is 22.4 Å². The smallest absolute Gasteiger partial charge is 0.241 e. The molecule has 1 heterocycles. The molecule has 4 rings (SSSR count). The van der Waals surface area contributed by atoms with Crippen LogP contribution in [-0.4, -0.2) is 18.5 Å². The lowest BCUT2D eigenvalue weighted by Crippen LogP contribution is -2.43. The lowest BCUT2D eigenvalue weighted by Gasteiger charge is -2.22. The van der Waals surface area contributed by atoms with E-state index in [-0.39, 0.29) is 11.9 Å². The summed E-state index contributed by atoms with van der Waals surface area (Å²) in [5, 5.41) is 17.9. The predicted molar refractivity (Wildman–Crippen MR) is 113 cm³/mol. The summed E-state index contributed by atoms with van der Waals surface area (Å²) in [5.74, 6) is 0.0113. The fourth-order valence-electron chi connectivity index (χ4n) is 3.82. The summed E-state index contributed by atoms with van der Waals surface area (Å²) in [6.45, 7) is 0.890. The number of anilines is 1. The van der Waals surface area contributed by atoms with Crippen molar-refractivity contribution in [1.29, 1.82) is 5.26 Å². The SMILES string of the molecule is N#CCc1ccc(NC(=O)C2CCCCN2)cc1-c1ccc2ccccc2c1. The summed E-state index contributed by atoms with van der Waals surface area (Å²) in [7, 11) is 0. The first-order valence-electron chi connectivity index (χ1n) is 9.78. The molecule has 2 N–H and O–H groups in total. The second kappa shape index (κ2) is 8.24. The number of benzene rings is 3. The maximum absolute atomic E-state index is 12.6. The number of amides is 1. The van der Waals surface area contributed by atoms with Crippen LogP contribution in [0.5, 0.6) is 0 Å². The van der Waals surface area contributed by atoms with Gasteiger partial charge in [0.25, 0.3) is 0 Å². The zero-order chi connectivity index (χ0) is 19.3. The lowest BCUT2D eigenvalue weighted by atomic mass is 9.95. The molecule has 0 aliphatic carbocycles. The zero-order valence-electron chi connectivity index (χ0n) is 15.7. The second-order valence-electron chi connectivity index (χ2n) is 7.26. The molecule has 3 aromatic rings. The van der Waals surface area contributed by atoms with E-state index in [2.05, 4.69) is 47.0 Å². The summed E-state index contributed by atoms with van der Waals surface area (Å²) >= 11 is 0. The van der Waals surface area contributed by atoms with Gasteiger partial charge in [-0.2, -0.15) is 5.26 Å². The quantitative estimate of drug-likeness (QED) is 0.703. The molecule has 1 unspecified atom stereocenters. The lowest BCUT2D eigenvalue weighted by molar-refractivity contribution is -0.118. The van der Waals surface area contributed by atoms with E-state index in [1.54, 1.807) is 0 Å². The number of nitrogens with one attached hydrogen (secondary N) is 2. The van der Waals surface area contributed by atoms with Crippen LogP contribution < -0.4 is 10.6 Å². The third-order valence-corrected chi connectivity index (χ3v) is 5.33. The molecule has 140 valence electrons. The Morgan fingerprint density at radius 2 is 1.93 bits per heavy atom. The molecule has 3 aromatic carbocycles. The Morgan fingerprint density at radius 3 is 2.71 bits per heavy atom. The van der Waals surface area contributed by atoms with Gasteiger partial charge in [0.1, 0.15) is 0 Å². The van der Waals surface area contributed by atoms with Gasteiger partial charge in [0.2, 0.25) is 5.91 Å². The monoisotopic (exact) mass is 369 g/mol. The molecule has 4 heteroatoms. The Bertz CT molecular complexity index is 1050. The molecular weight excluding hydrogens is 346 g/mol. The van der Waals surface area contributed by atoms with Gasteiger partial charge in [0, 0.05) is 5.69 Å². The fraction of sp³-hybridized carbons (Fsp3) is 0.250. The maximum atomic E-state index is 12.6. The molecule has 0 radical (unpaired) electrons. The number of hydrogen-bond donors (Lipinski definition) is 2. The molecule has 1 fully saturated rings. The van der Waals surface area contributed by atoms with E-state index in [4.69, 9.17) is 0 Å². The van der Waals surface area contributed by atoms with E-state index in [9.17, 15) is 10.1 Å². The summed E-state index contributed by atoms with van der Waals surface area (Å²) in [4.78, 5) is 12.6. The number of fused-ring (bicyclic) bond motifs is 1. The number of nitriles is 1. The van der Waals surface area contributed by atoms with Crippen LogP contribution in [0.1, 0.15) is 24.8 Å². The van der Waals surface area contributed by atoms with Gasteiger partial charge in [-0.25, -0.2) is 0 Å². The first kappa shape index (κ1) is 18.2. The van der Waals surface area contributed by atoms with Gasteiger partial charge in [-0.05, 0) is 65.0 Å². The molecule has 1 saturated heterocycles. The molecular formula is C24H23N3O. The average molecular weight is 369 g/mol. The molecule has 0 aromatic heterocycles. The minimum Gasteiger partial charge on any atom is -0.325 e. The number of nitrogens with zero attached hydrogens (tertiary/aromatic N) is 1. The van der Waals surface area contributed by atoms with Crippen LogP contribution in [0.2, 0.25) is 0 Å². The maximum Gasteiger partial charge on any atom is 0.241 e. The van der Waals surface area contributed by atoms with Gasteiger partial charge in [-0.1, -0.05) is 48.9 Å². The fourth-order valence-corrected chi connectivity index (χ4v) is 3.82. The van der Waals surface area contributed by atoms with E-state index >= 15 is 0 Å². The van der Waals surface area contributed by atoms with Crippen LogP contribution in [0.3, 0.4) is 0 Å². The molecule has 0 spiro atoms. The van der Waals surface area contributed by atoms with Gasteiger partial charge in [-0.15, -0.1) is 0 Å². The third kappa shape index (κ3) is 3.90. The zero-order valence-corrected chi connectivity index (χ0v) is 15.7. The van der Waals surface area contributed by atoms with Crippen molar-refractivity contribution in [3.63, 3.8) is 0 Å². The van der Waals surface area contributed by atoms with Gasteiger partial charge in [0.15, 0.2) is 0 Å². The summed E-state index contributed by atoms with van der Waals surface area (Å²) < 4.78 is 0. The van der Waals surface area contributed by atoms with Crippen LogP contribution in [0.4, 0.5) is 5.69 Å². The van der Waals surface area contributed by atoms with Gasteiger partial charge in [-0.3, -0.25) is 4.79 Å². The number of piperidine rings is 1. The Kier molecular flexibility index (Phi) is 5.36. The highest BCUT2D eigenvalue weighted by Crippen LogP contribution is 2.30. The van der Waals surface area contributed by atoms with Crippen molar-refractivity contribution in [3.8, 4) is 17.2 Å². The normalized spacial score (nSPS) is 16.5. The van der Waals surface area contributed by atoms with Crippen molar-refractivity contribution in [2.45, 2.75) is 31.7 Å². The molecule has 1 aliphatic heterocycles. The summed E-state index contributed by atoms with van der Waals surface area (Å²) in [6, 6.07) is 22.5. The molecule has 4 nitrogen and oxygen atoms in total. The largest absolute Gasteiger partial charge is 0.325 e. The molecule has 28 heavy (non-hydrogen) atoms.